The molecular formula is C9H11N5O4. The number of rotatable bonds is 5. The SMILES string of the molecule is NC(=O)CC(NC(=O)Nc1ncccn1)C(=O)O. The second-order valence-corrected chi connectivity index (χ2v) is 3.23. The first-order chi connectivity index (χ1) is 8.49. The van der Waals surface area contributed by atoms with Crippen molar-refractivity contribution in [3.63, 3.8) is 0 Å². The summed E-state index contributed by atoms with van der Waals surface area (Å²) in [6.45, 7) is 0. The second kappa shape index (κ2) is 6.13. The van der Waals surface area contributed by atoms with Crippen LogP contribution in [-0.4, -0.2) is 39.0 Å². The molecule has 0 aromatic carbocycles. The first-order valence-electron chi connectivity index (χ1n) is 4.84. The van der Waals surface area contributed by atoms with Gasteiger partial charge in [-0.25, -0.2) is 19.6 Å². The number of aromatic nitrogens is 2. The summed E-state index contributed by atoms with van der Waals surface area (Å²) >= 11 is 0. The summed E-state index contributed by atoms with van der Waals surface area (Å²) in [7, 11) is 0. The summed E-state index contributed by atoms with van der Waals surface area (Å²) in [5, 5.41) is 13.0. The van der Waals surface area contributed by atoms with E-state index >= 15 is 0 Å². The van der Waals surface area contributed by atoms with E-state index in [1.165, 1.54) is 12.4 Å². The summed E-state index contributed by atoms with van der Waals surface area (Å²) in [5.74, 6) is -2.19. The van der Waals surface area contributed by atoms with Crippen molar-refractivity contribution in [1.82, 2.24) is 15.3 Å². The van der Waals surface area contributed by atoms with E-state index < -0.39 is 30.4 Å². The maximum atomic E-state index is 11.4. The number of nitrogens with one attached hydrogen (secondary N) is 2. The largest absolute Gasteiger partial charge is 0.480 e. The number of urea groups is 1. The van der Waals surface area contributed by atoms with Gasteiger partial charge in [-0.15, -0.1) is 0 Å². The summed E-state index contributed by atoms with van der Waals surface area (Å²) in [5.41, 5.74) is 4.86. The van der Waals surface area contributed by atoms with Gasteiger partial charge in [-0.3, -0.25) is 10.1 Å². The van der Waals surface area contributed by atoms with Gasteiger partial charge in [0.05, 0.1) is 6.42 Å². The van der Waals surface area contributed by atoms with Crippen LogP contribution in [0.15, 0.2) is 18.5 Å². The maximum Gasteiger partial charge on any atom is 0.326 e. The summed E-state index contributed by atoms with van der Waals surface area (Å²) < 4.78 is 0. The molecule has 96 valence electrons. The number of hydrogen-bond donors (Lipinski definition) is 4. The molecule has 1 atom stereocenters. The fraction of sp³-hybridized carbons (Fsp3) is 0.222. The average molecular weight is 253 g/mol. The van der Waals surface area contributed by atoms with Crippen LogP contribution in [0, 0.1) is 0 Å². The summed E-state index contributed by atoms with van der Waals surface area (Å²) in [4.78, 5) is 40.2. The Kier molecular flexibility index (Phi) is 4.55. The Hall–Kier alpha value is -2.71. The summed E-state index contributed by atoms with van der Waals surface area (Å²) in [6.07, 6.45) is 2.31. The molecule has 0 radical (unpaired) electrons. The Labute approximate surface area is 101 Å². The van der Waals surface area contributed by atoms with Crippen molar-refractivity contribution >= 4 is 23.9 Å². The maximum absolute atomic E-state index is 11.4. The highest BCUT2D eigenvalue weighted by atomic mass is 16.4. The van der Waals surface area contributed by atoms with E-state index in [2.05, 4.69) is 20.6 Å². The zero-order valence-electron chi connectivity index (χ0n) is 9.16. The minimum Gasteiger partial charge on any atom is -0.480 e. The van der Waals surface area contributed by atoms with Crippen LogP contribution >= 0.6 is 0 Å². The first-order valence-corrected chi connectivity index (χ1v) is 4.84. The Bertz CT molecular complexity index is 450. The van der Waals surface area contributed by atoms with Gasteiger partial charge < -0.3 is 16.2 Å². The van der Waals surface area contributed by atoms with Crippen LogP contribution in [0.3, 0.4) is 0 Å². The number of anilines is 1. The molecule has 0 aliphatic carbocycles. The molecule has 5 N–H and O–H groups in total. The van der Waals surface area contributed by atoms with Gasteiger partial charge in [0.15, 0.2) is 0 Å². The molecule has 0 spiro atoms. The molecular weight excluding hydrogens is 242 g/mol. The fourth-order valence-electron chi connectivity index (χ4n) is 1.06. The van der Waals surface area contributed by atoms with Crippen molar-refractivity contribution in [2.75, 3.05) is 5.32 Å². The van der Waals surface area contributed by atoms with Gasteiger partial charge in [0, 0.05) is 12.4 Å². The van der Waals surface area contributed by atoms with Gasteiger partial charge >= 0.3 is 12.0 Å². The van der Waals surface area contributed by atoms with E-state index in [-0.39, 0.29) is 5.95 Å². The molecule has 0 aliphatic heterocycles. The Morgan fingerprint density at radius 3 is 2.44 bits per heavy atom. The standard InChI is InChI=1S/C9H11N5O4/c10-6(15)4-5(7(16)17)13-9(18)14-8-11-2-1-3-12-8/h1-3,5H,4H2,(H2,10,15)(H,16,17)(H2,11,12,13,14,18). The van der Waals surface area contributed by atoms with Crippen molar-refractivity contribution in [1.29, 1.82) is 0 Å². The number of aliphatic carboxylic acids is 1. The lowest BCUT2D eigenvalue weighted by Gasteiger charge is -2.12. The number of carboxylic acid groups (broad SMARTS) is 1. The Morgan fingerprint density at radius 2 is 1.94 bits per heavy atom. The smallest absolute Gasteiger partial charge is 0.326 e. The van der Waals surface area contributed by atoms with Gasteiger partial charge in [0.1, 0.15) is 6.04 Å². The molecule has 1 rings (SSSR count). The van der Waals surface area contributed by atoms with Gasteiger partial charge in [-0.05, 0) is 6.07 Å². The number of amides is 3. The molecule has 0 saturated carbocycles. The third-order valence-corrected chi connectivity index (χ3v) is 1.80. The minimum absolute atomic E-state index is 0.0122. The minimum atomic E-state index is -1.40. The number of carbonyl (C=O) groups is 3. The van der Waals surface area contributed by atoms with Crippen molar-refractivity contribution in [3.05, 3.63) is 18.5 Å². The number of hydrogen-bond acceptors (Lipinski definition) is 5. The van der Waals surface area contributed by atoms with E-state index in [9.17, 15) is 14.4 Å². The molecule has 1 heterocycles. The molecule has 18 heavy (non-hydrogen) atoms. The lowest BCUT2D eigenvalue weighted by Crippen LogP contribution is -2.45. The second-order valence-electron chi connectivity index (χ2n) is 3.23. The number of carboxylic acids is 1. The Morgan fingerprint density at radius 1 is 1.33 bits per heavy atom. The molecule has 0 bridgehead atoms. The number of nitrogens with two attached hydrogens (primary N) is 1. The van der Waals surface area contributed by atoms with Gasteiger partial charge in [0.25, 0.3) is 0 Å². The third kappa shape index (κ3) is 4.43. The highest BCUT2D eigenvalue weighted by Gasteiger charge is 2.22. The molecule has 9 nitrogen and oxygen atoms in total. The van der Waals surface area contributed by atoms with Crippen molar-refractivity contribution in [2.24, 2.45) is 5.73 Å². The molecule has 0 saturated heterocycles. The Balaban J connectivity index is 2.56. The van der Waals surface area contributed by atoms with Crippen molar-refractivity contribution < 1.29 is 19.5 Å². The predicted octanol–water partition coefficient (Wildman–Crippen LogP) is -1.07. The normalized spacial score (nSPS) is 11.3. The zero-order valence-corrected chi connectivity index (χ0v) is 9.16. The van der Waals surface area contributed by atoms with E-state index in [1.54, 1.807) is 6.07 Å². The average Bonchev–Trinajstić information content (AvgIpc) is 2.28. The zero-order chi connectivity index (χ0) is 13.5. The molecule has 1 aromatic heterocycles. The van der Waals surface area contributed by atoms with Crippen LogP contribution in [0.1, 0.15) is 6.42 Å². The highest BCUT2D eigenvalue weighted by molar-refractivity contribution is 5.92. The van der Waals surface area contributed by atoms with Crippen LogP contribution in [-0.2, 0) is 9.59 Å². The first kappa shape index (κ1) is 13.4. The third-order valence-electron chi connectivity index (χ3n) is 1.80. The van der Waals surface area contributed by atoms with Crippen LogP contribution in [0.25, 0.3) is 0 Å². The molecule has 1 aromatic rings. The molecule has 0 fully saturated rings. The van der Waals surface area contributed by atoms with Crippen LogP contribution < -0.4 is 16.4 Å². The predicted molar refractivity (Wildman–Crippen MR) is 59.4 cm³/mol. The lowest BCUT2D eigenvalue weighted by molar-refractivity contribution is -0.140. The van der Waals surface area contributed by atoms with E-state index in [0.717, 1.165) is 0 Å². The lowest BCUT2D eigenvalue weighted by atomic mass is 10.2. The molecule has 0 aliphatic rings. The number of carbonyl (C=O) groups excluding carboxylic acids is 2. The molecule has 3 amide bonds. The van der Waals surface area contributed by atoms with Crippen molar-refractivity contribution in [3.8, 4) is 0 Å². The number of primary amides is 1. The monoisotopic (exact) mass is 253 g/mol. The molecule has 9 heteroatoms. The highest BCUT2D eigenvalue weighted by Crippen LogP contribution is 1.96. The van der Waals surface area contributed by atoms with Gasteiger partial charge in [0.2, 0.25) is 11.9 Å². The van der Waals surface area contributed by atoms with Gasteiger partial charge in [-0.2, -0.15) is 0 Å². The van der Waals surface area contributed by atoms with Crippen LogP contribution in [0.2, 0.25) is 0 Å². The number of nitrogens with zero attached hydrogens (tertiary/aromatic N) is 2. The fourth-order valence-corrected chi connectivity index (χ4v) is 1.06. The topological polar surface area (TPSA) is 147 Å². The summed E-state index contributed by atoms with van der Waals surface area (Å²) in [6, 6.07) is -0.683. The van der Waals surface area contributed by atoms with Crippen molar-refractivity contribution in [2.45, 2.75) is 12.5 Å². The van der Waals surface area contributed by atoms with Crippen LogP contribution in [0.4, 0.5) is 10.7 Å². The van der Waals surface area contributed by atoms with E-state index in [0.29, 0.717) is 0 Å². The van der Waals surface area contributed by atoms with E-state index in [4.69, 9.17) is 10.8 Å². The van der Waals surface area contributed by atoms with Crippen LogP contribution in [0.5, 0.6) is 0 Å². The van der Waals surface area contributed by atoms with E-state index in [1.807, 2.05) is 0 Å². The molecule has 1 unspecified atom stereocenters. The van der Waals surface area contributed by atoms with Gasteiger partial charge in [-0.1, -0.05) is 0 Å². The quantitative estimate of drug-likeness (QED) is 0.525.